The van der Waals surface area contributed by atoms with Crippen molar-refractivity contribution >= 4 is 9.84 Å². The van der Waals surface area contributed by atoms with Gasteiger partial charge in [0.05, 0.1) is 4.90 Å². The molecule has 1 unspecified atom stereocenters. The Morgan fingerprint density at radius 1 is 1.19 bits per heavy atom. The number of hydrogen-bond acceptors (Lipinski definition) is 4. The molecule has 21 heavy (non-hydrogen) atoms. The van der Waals surface area contributed by atoms with Gasteiger partial charge in [-0.3, -0.25) is 0 Å². The Bertz CT molecular complexity index is 530. The van der Waals surface area contributed by atoms with Crippen molar-refractivity contribution < 1.29 is 13.2 Å². The van der Waals surface area contributed by atoms with E-state index in [9.17, 15) is 8.42 Å². The van der Waals surface area contributed by atoms with Gasteiger partial charge < -0.3 is 10.1 Å². The third-order valence-corrected chi connectivity index (χ3v) is 4.15. The van der Waals surface area contributed by atoms with Gasteiger partial charge in [-0.15, -0.1) is 0 Å². The smallest absolute Gasteiger partial charge is 0.175 e. The molecule has 0 aliphatic carbocycles. The SMILES string of the molecule is CCCC(CNC(C)(C)C)Oc1ccc(S(C)(=O)=O)cc1. The van der Waals surface area contributed by atoms with Crippen LogP contribution in [0.25, 0.3) is 0 Å². The van der Waals surface area contributed by atoms with Gasteiger partial charge in [0.25, 0.3) is 0 Å². The minimum Gasteiger partial charge on any atom is -0.489 e. The predicted octanol–water partition coefficient (Wildman–Crippen LogP) is 3.03. The average Bonchev–Trinajstić information content (AvgIpc) is 2.35. The summed E-state index contributed by atoms with van der Waals surface area (Å²) in [5.41, 5.74) is 0.0511. The first kappa shape index (κ1) is 18.0. The van der Waals surface area contributed by atoms with Gasteiger partial charge in [-0.25, -0.2) is 8.42 Å². The highest BCUT2D eigenvalue weighted by atomic mass is 32.2. The summed E-state index contributed by atoms with van der Waals surface area (Å²) in [5, 5.41) is 3.44. The molecule has 1 rings (SSSR count). The number of sulfone groups is 1. The fourth-order valence-electron chi connectivity index (χ4n) is 1.90. The summed E-state index contributed by atoms with van der Waals surface area (Å²) in [6.07, 6.45) is 3.28. The minimum atomic E-state index is -3.16. The molecule has 1 atom stereocenters. The van der Waals surface area contributed by atoms with E-state index < -0.39 is 9.84 Å². The first-order valence-corrected chi connectivity index (χ1v) is 9.23. The number of nitrogens with one attached hydrogen (secondary N) is 1. The quantitative estimate of drug-likeness (QED) is 0.840. The summed E-state index contributed by atoms with van der Waals surface area (Å²) in [7, 11) is -3.16. The van der Waals surface area contributed by atoms with Gasteiger partial charge >= 0.3 is 0 Å². The van der Waals surface area contributed by atoms with Gasteiger partial charge in [0.1, 0.15) is 11.9 Å². The Balaban J connectivity index is 2.70. The maximum atomic E-state index is 11.4. The molecule has 0 heterocycles. The molecule has 0 fully saturated rings. The molecule has 0 bridgehead atoms. The van der Waals surface area contributed by atoms with Gasteiger partial charge in [0.2, 0.25) is 0 Å². The van der Waals surface area contributed by atoms with Gasteiger partial charge in [-0.05, 0) is 51.5 Å². The third-order valence-electron chi connectivity index (χ3n) is 3.03. The lowest BCUT2D eigenvalue weighted by Crippen LogP contribution is -2.42. The molecule has 4 nitrogen and oxygen atoms in total. The Labute approximate surface area is 128 Å². The predicted molar refractivity (Wildman–Crippen MR) is 86.6 cm³/mol. The molecule has 120 valence electrons. The van der Waals surface area contributed by atoms with Gasteiger partial charge in [-0.2, -0.15) is 0 Å². The van der Waals surface area contributed by atoms with Crippen molar-refractivity contribution in [1.29, 1.82) is 0 Å². The van der Waals surface area contributed by atoms with Crippen molar-refractivity contribution in [1.82, 2.24) is 5.32 Å². The maximum Gasteiger partial charge on any atom is 0.175 e. The van der Waals surface area contributed by atoms with Crippen LogP contribution >= 0.6 is 0 Å². The second kappa shape index (κ2) is 7.27. The Morgan fingerprint density at radius 2 is 1.76 bits per heavy atom. The number of benzene rings is 1. The zero-order chi connectivity index (χ0) is 16.1. The van der Waals surface area contributed by atoms with Crippen LogP contribution in [0.15, 0.2) is 29.2 Å². The van der Waals surface area contributed by atoms with E-state index in [0.717, 1.165) is 19.4 Å². The summed E-state index contributed by atoms with van der Waals surface area (Å²) < 4.78 is 28.8. The van der Waals surface area contributed by atoms with Crippen LogP contribution in [0.4, 0.5) is 0 Å². The van der Waals surface area contributed by atoms with Crippen molar-refractivity contribution in [2.45, 2.75) is 57.1 Å². The normalized spacial score (nSPS) is 14.0. The molecule has 0 aliphatic rings. The monoisotopic (exact) mass is 313 g/mol. The van der Waals surface area contributed by atoms with Crippen LogP contribution in [-0.2, 0) is 9.84 Å². The van der Waals surface area contributed by atoms with E-state index in [1.165, 1.54) is 6.26 Å². The van der Waals surface area contributed by atoms with Crippen LogP contribution in [0.3, 0.4) is 0 Å². The van der Waals surface area contributed by atoms with E-state index in [1.54, 1.807) is 24.3 Å². The van der Waals surface area contributed by atoms with Crippen molar-refractivity contribution in [2.24, 2.45) is 0 Å². The standard InChI is InChI=1S/C16H27NO3S/c1-6-7-14(12-17-16(2,3)4)20-13-8-10-15(11-9-13)21(5,18)19/h8-11,14,17H,6-7,12H2,1-5H3. The van der Waals surface area contributed by atoms with E-state index in [0.29, 0.717) is 10.6 Å². The molecular weight excluding hydrogens is 286 g/mol. The van der Waals surface area contributed by atoms with Crippen molar-refractivity contribution in [3.63, 3.8) is 0 Å². The van der Waals surface area contributed by atoms with Crippen LogP contribution in [0.5, 0.6) is 5.75 Å². The van der Waals surface area contributed by atoms with E-state index in [1.807, 2.05) is 0 Å². The van der Waals surface area contributed by atoms with Crippen LogP contribution in [0.2, 0.25) is 0 Å². The van der Waals surface area contributed by atoms with E-state index >= 15 is 0 Å². The lowest BCUT2D eigenvalue weighted by atomic mass is 10.1. The van der Waals surface area contributed by atoms with Crippen molar-refractivity contribution in [3.05, 3.63) is 24.3 Å². The molecule has 0 amide bonds. The fourth-order valence-corrected chi connectivity index (χ4v) is 2.53. The van der Waals surface area contributed by atoms with Gasteiger partial charge in [-0.1, -0.05) is 13.3 Å². The summed E-state index contributed by atoms with van der Waals surface area (Å²) in [6, 6.07) is 6.61. The van der Waals surface area contributed by atoms with E-state index in [4.69, 9.17) is 4.74 Å². The molecule has 0 aromatic heterocycles. The van der Waals surface area contributed by atoms with E-state index in [-0.39, 0.29) is 11.6 Å². The molecule has 5 heteroatoms. The first-order chi connectivity index (χ1) is 9.62. The minimum absolute atomic E-state index is 0.0511. The van der Waals surface area contributed by atoms with Crippen molar-refractivity contribution in [2.75, 3.05) is 12.8 Å². The lowest BCUT2D eigenvalue weighted by molar-refractivity contribution is 0.175. The van der Waals surface area contributed by atoms with Crippen molar-refractivity contribution in [3.8, 4) is 5.75 Å². The number of ether oxygens (including phenoxy) is 1. The summed E-state index contributed by atoms with van der Waals surface area (Å²) in [4.78, 5) is 0.315. The zero-order valence-corrected chi connectivity index (χ0v) is 14.5. The molecule has 0 saturated carbocycles. The number of rotatable bonds is 7. The largest absolute Gasteiger partial charge is 0.489 e. The molecule has 0 aliphatic heterocycles. The molecule has 1 N–H and O–H groups in total. The Morgan fingerprint density at radius 3 is 2.19 bits per heavy atom. The molecule has 0 spiro atoms. The van der Waals surface area contributed by atoms with Gasteiger partial charge in [0.15, 0.2) is 9.84 Å². The second-order valence-electron chi connectivity index (χ2n) is 6.40. The molecule has 1 aromatic carbocycles. The zero-order valence-electron chi connectivity index (χ0n) is 13.6. The number of hydrogen-bond donors (Lipinski definition) is 1. The van der Waals surface area contributed by atoms with Crippen LogP contribution in [-0.4, -0.2) is 32.9 Å². The van der Waals surface area contributed by atoms with E-state index in [2.05, 4.69) is 33.0 Å². The second-order valence-corrected chi connectivity index (χ2v) is 8.42. The van der Waals surface area contributed by atoms with Crippen LogP contribution in [0, 0.1) is 0 Å². The third kappa shape index (κ3) is 6.96. The highest BCUT2D eigenvalue weighted by Crippen LogP contribution is 2.18. The van der Waals surface area contributed by atoms with Gasteiger partial charge in [0, 0.05) is 18.3 Å². The summed E-state index contributed by atoms with van der Waals surface area (Å²) in [6.45, 7) is 9.26. The molecule has 1 aromatic rings. The highest BCUT2D eigenvalue weighted by molar-refractivity contribution is 7.90. The first-order valence-electron chi connectivity index (χ1n) is 7.33. The summed E-state index contributed by atoms with van der Waals surface area (Å²) in [5.74, 6) is 0.705. The fraction of sp³-hybridized carbons (Fsp3) is 0.625. The highest BCUT2D eigenvalue weighted by Gasteiger charge is 2.15. The van der Waals surface area contributed by atoms with Crippen LogP contribution in [0.1, 0.15) is 40.5 Å². The molecule has 0 radical (unpaired) electrons. The Hall–Kier alpha value is -1.07. The van der Waals surface area contributed by atoms with Crippen LogP contribution < -0.4 is 10.1 Å². The average molecular weight is 313 g/mol. The topological polar surface area (TPSA) is 55.4 Å². The maximum absolute atomic E-state index is 11.4. The summed E-state index contributed by atoms with van der Waals surface area (Å²) >= 11 is 0. The molecule has 0 saturated heterocycles. The lowest BCUT2D eigenvalue weighted by Gasteiger charge is -2.26. The Kier molecular flexibility index (Phi) is 6.23. The molecular formula is C16H27NO3S.